The van der Waals surface area contributed by atoms with E-state index in [0.29, 0.717) is 12.4 Å². The second-order valence-corrected chi connectivity index (χ2v) is 4.13. The molecular formula is C12H19N3O2. The number of amides is 2. The minimum atomic E-state index is -0.271. The Morgan fingerprint density at radius 1 is 1.47 bits per heavy atom. The summed E-state index contributed by atoms with van der Waals surface area (Å²) < 4.78 is 4.93. The molecule has 5 nitrogen and oxygen atoms in total. The third kappa shape index (κ3) is 4.82. The molecular weight excluding hydrogens is 218 g/mol. The van der Waals surface area contributed by atoms with Crippen molar-refractivity contribution in [2.24, 2.45) is 0 Å². The Morgan fingerprint density at radius 2 is 2.18 bits per heavy atom. The number of carbonyl (C=O) groups is 1. The number of methoxy groups -OCH3 is 1. The number of hydrogen-bond donors (Lipinski definition) is 2. The van der Waals surface area contributed by atoms with Gasteiger partial charge in [0.05, 0.1) is 12.6 Å². The minimum Gasteiger partial charge on any atom is -0.383 e. The highest BCUT2D eigenvalue weighted by Crippen LogP contribution is 2.08. The predicted octanol–water partition coefficient (Wildman–Crippen LogP) is 1.85. The fraction of sp³-hybridized carbons (Fsp3) is 0.500. The van der Waals surface area contributed by atoms with Crippen molar-refractivity contribution in [1.82, 2.24) is 10.3 Å². The lowest BCUT2D eigenvalue weighted by Crippen LogP contribution is -2.38. The highest BCUT2D eigenvalue weighted by atomic mass is 16.5. The van der Waals surface area contributed by atoms with Gasteiger partial charge in [-0.3, -0.25) is 5.32 Å². The largest absolute Gasteiger partial charge is 0.383 e. The van der Waals surface area contributed by atoms with Crippen molar-refractivity contribution in [2.45, 2.75) is 26.8 Å². The van der Waals surface area contributed by atoms with Crippen LogP contribution in [0, 0.1) is 13.8 Å². The lowest BCUT2D eigenvalue weighted by Gasteiger charge is -2.13. The van der Waals surface area contributed by atoms with Crippen LogP contribution in [0.3, 0.4) is 0 Å². The van der Waals surface area contributed by atoms with Gasteiger partial charge in [-0.05, 0) is 38.5 Å². The van der Waals surface area contributed by atoms with Gasteiger partial charge in [0, 0.05) is 12.8 Å². The molecule has 0 fully saturated rings. The van der Waals surface area contributed by atoms with E-state index in [1.807, 2.05) is 32.9 Å². The van der Waals surface area contributed by atoms with Crippen molar-refractivity contribution in [3.8, 4) is 0 Å². The second-order valence-electron chi connectivity index (χ2n) is 4.13. The quantitative estimate of drug-likeness (QED) is 0.840. The van der Waals surface area contributed by atoms with Gasteiger partial charge in [-0.15, -0.1) is 0 Å². The van der Waals surface area contributed by atoms with Gasteiger partial charge in [-0.1, -0.05) is 0 Å². The number of aromatic nitrogens is 1. The van der Waals surface area contributed by atoms with Crippen LogP contribution in [0.2, 0.25) is 0 Å². The van der Waals surface area contributed by atoms with Gasteiger partial charge in [-0.25, -0.2) is 9.78 Å². The molecule has 1 aromatic heterocycles. The van der Waals surface area contributed by atoms with Crippen molar-refractivity contribution in [1.29, 1.82) is 0 Å². The Hall–Kier alpha value is -1.62. The van der Waals surface area contributed by atoms with Crippen LogP contribution in [0.15, 0.2) is 12.1 Å². The summed E-state index contributed by atoms with van der Waals surface area (Å²) in [6.07, 6.45) is 0. The van der Waals surface area contributed by atoms with Crippen LogP contribution in [0.1, 0.15) is 18.2 Å². The van der Waals surface area contributed by atoms with Gasteiger partial charge >= 0.3 is 6.03 Å². The molecule has 94 valence electrons. The van der Waals surface area contributed by atoms with Gasteiger partial charge in [-0.2, -0.15) is 0 Å². The van der Waals surface area contributed by atoms with Crippen molar-refractivity contribution in [3.05, 3.63) is 23.4 Å². The third-order valence-electron chi connectivity index (χ3n) is 2.13. The third-order valence-corrected chi connectivity index (χ3v) is 2.13. The summed E-state index contributed by atoms with van der Waals surface area (Å²) in [5, 5.41) is 5.45. The highest BCUT2D eigenvalue weighted by Gasteiger charge is 2.07. The monoisotopic (exact) mass is 237 g/mol. The molecule has 17 heavy (non-hydrogen) atoms. The van der Waals surface area contributed by atoms with Crippen LogP contribution in [0.25, 0.3) is 0 Å². The Kier molecular flexibility index (Phi) is 4.90. The summed E-state index contributed by atoms with van der Waals surface area (Å²) in [6.45, 7) is 6.21. The van der Waals surface area contributed by atoms with Gasteiger partial charge < -0.3 is 10.1 Å². The predicted molar refractivity (Wildman–Crippen MR) is 67.2 cm³/mol. The topological polar surface area (TPSA) is 63.2 Å². The molecule has 2 amide bonds. The van der Waals surface area contributed by atoms with E-state index in [9.17, 15) is 4.79 Å². The average Bonchev–Trinajstić information content (AvgIpc) is 2.14. The molecule has 0 aromatic carbocycles. The number of nitrogens with zero attached hydrogens (tertiary/aromatic N) is 1. The summed E-state index contributed by atoms with van der Waals surface area (Å²) in [5.74, 6) is 0.560. The van der Waals surface area contributed by atoms with E-state index in [4.69, 9.17) is 4.74 Å². The lowest BCUT2D eigenvalue weighted by atomic mass is 10.2. The number of urea groups is 1. The number of pyridine rings is 1. The average molecular weight is 237 g/mol. The first kappa shape index (κ1) is 13.4. The number of ether oxygens (including phenoxy) is 1. The first-order chi connectivity index (χ1) is 8.01. The maximum atomic E-state index is 11.6. The first-order valence-corrected chi connectivity index (χ1v) is 5.53. The van der Waals surface area contributed by atoms with Crippen LogP contribution < -0.4 is 10.6 Å². The lowest BCUT2D eigenvalue weighted by molar-refractivity contribution is 0.173. The normalized spacial score (nSPS) is 12.0. The number of nitrogens with one attached hydrogen (secondary N) is 2. The highest BCUT2D eigenvalue weighted by molar-refractivity contribution is 5.88. The van der Waals surface area contributed by atoms with E-state index in [0.717, 1.165) is 11.3 Å². The van der Waals surface area contributed by atoms with Crippen LogP contribution in [-0.4, -0.2) is 30.8 Å². The van der Waals surface area contributed by atoms with E-state index in [1.165, 1.54) is 0 Å². The molecule has 5 heteroatoms. The SMILES string of the molecule is COC[C@H](C)NC(=O)Nc1cc(C)cc(C)n1. The molecule has 0 unspecified atom stereocenters. The van der Waals surface area contributed by atoms with Gasteiger partial charge in [0.15, 0.2) is 0 Å². The smallest absolute Gasteiger partial charge is 0.320 e. The molecule has 0 radical (unpaired) electrons. The summed E-state index contributed by atoms with van der Waals surface area (Å²) >= 11 is 0. The molecule has 0 saturated heterocycles. The minimum absolute atomic E-state index is 0.0362. The van der Waals surface area contributed by atoms with Crippen LogP contribution in [0.5, 0.6) is 0 Å². The number of anilines is 1. The molecule has 0 saturated carbocycles. The fourth-order valence-corrected chi connectivity index (χ4v) is 1.57. The van der Waals surface area contributed by atoms with E-state index in [2.05, 4.69) is 15.6 Å². The summed E-state index contributed by atoms with van der Waals surface area (Å²) in [4.78, 5) is 15.8. The standard InChI is InChI=1S/C12H19N3O2/c1-8-5-9(2)13-11(6-8)15-12(16)14-10(3)7-17-4/h5-6,10H,7H2,1-4H3,(H2,13,14,15,16)/t10-/m0/s1. The maximum absolute atomic E-state index is 11.6. The molecule has 0 aliphatic rings. The van der Waals surface area contributed by atoms with E-state index < -0.39 is 0 Å². The molecule has 0 aliphatic carbocycles. The molecule has 0 spiro atoms. The van der Waals surface area contributed by atoms with E-state index in [1.54, 1.807) is 7.11 Å². The number of rotatable bonds is 4. The zero-order chi connectivity index (χ0) is 12.8. The van der Waals surface area contributed by atoms with E-state index >= 15 is 0 Å². The van der Waals surface area contributed by atoms with E-state index in [-0.39, 0.29) is 12.1 Å². The zero-order valence-corrected chi connectivity index (χ0v) is 10.7. The first-order valence-electron chi connectivity index (χ1n) is 5.53. The Bertz CT molecular complexity index is 373. The van der Waals surface area contributed by atoms with Gasteiger partial charge in [0.1, 0.15) is 5.82 Å². The van der Waals surface area contributed by atoms with Crippen LogP contribution in [0.4, 0.5) is 10.6 Å². The Morgan fingerprint density at radius 3 is 2.76 bits per heavy atom. The van der Waals surface area contributed by atoms with Crippen LogP contribution >= 0.6 is 0 Å². The van der Waals surface area contributed by atoms with Crippen LogP contribution in [-0.2, 0) is 4.74 Å². The molecule has 1 rings (SSSR count). The Balaban J connectivity index is 2.56. The molecule has 1 atom stereocenters. The van der Waals surface area contributed by atoms with Crippen molar-refractivity contribution in [2.75, 3.05) is 19.0 Å². The zero-order valence-electron chi connectivity index (χ0n) is 10.7. The molecule has 0 aliphatic heterocycles. The van der Waals surface area contributed by atoms with Gasteiger partial charge in [0.25, 0.3) is 0 Å². The number of carbonyl (C=O) groups excluding carboxylic acids is 1. The van der Waals surface area contributed by atoms with Crippen molar-refractivity contribution in [3.63, 3.8) is 0 Å². The Labute approximate surface area is 102 Å². The second kappa shape index (κ2) is 6.20. The molecule has 2 N–H and O–H groups in total. The fourth-order valence-electron chi connectivity index (χ4n) is 1.57. The summed E-state index contributed by atoms with van der Waals surface area (Å²) in [6, 6.07) is 3.47. The molecule has 1 heterocycles. The number of aryl methyl sites for hydroxylation is 2. The van der Waals surface area contributed by atoms with Gasteiger partial charge in [0.2, 0.25) is 0 Å². The summed E-state index contributed by atoms with van der Waals surface area (Å²) in [5.41, 5.74) is 1.95. The van der Waals surface area contributed by atoms with Crippen molar-refractivity contribution >= 4 is 11.8 Å². The summed E-state index contributed by atoms with van der Waals surface area (Å²) in [7, 11) is 1.60. The molecule has 0 bridgehead atoms. The maximum Gasteiger partial charge on any atom is 0.320 e. The molecule has 1 aromatic rings. The number of hydrogen-bond acceptors (Lipinski definition) is 3. The van der Waals surface area contributed by atoms with Crippen molar-refractivity contribution < 1.29 is 9.53 Å².